The highest BCUT2D eigenvalue weighted by Crippen LogP contribution is 2.38. The Morgan fingerprint density at radius 2 is 2.14 bits per heavy atom. The van der Waals surface area contributed by atoms with Crippen molar-refractivity contribution in [3.63, 3.8) is 0 Å². The van der Waals surface area contributed by atoms with Crippen molar-refractivity contribution in [2.24, 2.45) is 7.05 Å². The number of hydrogen-bond acceptors (Lipinski definition) is 5. The van der Waals surface area contributed by atoms with Crippen LogP contribution in [0.25, 0.3) is 11.0 Å². The molecule has 146 valence electrons. The number of aryl methyl sites for hydroxylation is 2. The second-order valence-corrected chi connectivity index (χ2v) is 7.87. The molecule has 9 nitrogen and oxygen atoms in total. The molecule has 2 N–H and O–H groups in total. The average Bonchev–Trinajstić information content (AvgIpc) is 3.36. The predicted molar refractivity (Wildman–Crippen MR) is 104 cm³/mol. The lowest BCUT2D eigenvalue weighted by molar-refractivity contribution is 0.191. The van der Waals surface area contributed by atoms with E-state index in [1.165, 1.54) is 12.8 Å². The van der Waals surface area contributed by atoms with E-state index in [-0.39, 0.29) is 11.9 Å². The van der Waals surface area contributed by atoms with Gasteiger partial charge in [0, 0.05) is 37.4 Å². The normalized spacial score (nSPS) is 19.9. The molecule has 1 atom stereocenters. The van der Waals surface area contributed by atoms with Gasteiger partial charge in [-0.15, -0.1) is 0 Å². The quantitative estimate of drug-likeness (QED) is 0.727. The molecule has 3 aromatic heterocycles. The molecule has 1 aliphatic heterocycles. The lowest BCUT2D eigenvalue weighted by atomic mass is 9.97. The summed E-state index contributed by atoms with van der Waals surface area (Å²) < 4.78 is 1.75. The number of likely N-dealkylation sites (tertiary alicyclic amines) is 1. The summed E-state index contributed by atoms with van der Waals surface area (Å²) in [4.78, 5) is 23.8. The van der Waals surface area contributed by atoms with Crippen LogP contribution in [0.4, 0.5) is 10.5 Å². The summed E-state index contributed by atoms with van der Waals surface area (Å²) in [6, 6.07) is 1.83. The molecule has 0 spiro atoms. The minimum absolute atomic E-state index is 0.106. The van der Waals surface area contributed by atoms with Gasteiger partial charge in [0.2, 0.25) is 0 Å². The summed E-state index contributed by atoms with van der Waals surface area (Å²) in [5, 5.41) is 15.8. The first-order valence-electron chi connectivity index (χ1n) is 9.86. The molecule has 9 heteroatoms. The van der Waals surface area contributed by atoms with E-state index in [0.717, 1.165) is 47.8 Å². The molecule has 1 saturated heterocycles. The van der Waals surface area contributed by atoms with Gasteiger partial charge in [-0.25, -0.2) is 14.8 Å². The zero-order chi connectivity index (χ0) is 19.3. The number of pyridine rings is 1. The Kier molecular flexibility index (Phi) is 4.03. The van der Waals surface area contributed by atoms with Gasteiger partial charge >= 0.3 is 6.03 Å². The number of amides is 2. The third kappa shape index (κ3) is 3.10. The van der Waals surface area contributed by atoms with E-state index in [1.807, 2.05) is 24.9 Å². The summed E-state index contributed by atoms with van der Waals surface area (Å²) in [6.07, 6.45) is 6.03. The van der Waals surface area contributed by atoms with Gasteiger partial charge in [-0.1, -0.05) is 0 Å². The first-order valence-corrected chi connectivity index (χ1v) is 9.86. The van der Waals surface area contributed by atoms with E-state index >= 15 is 0 Å². The van der Waals surface area contributed by atoms with Crippen molar-refractivity contribution < 1.29 is 4.79 Å². The third-order valence-electron chi connectivity index (χ3n) is 5.67. The van der Waals surface area contributed by atoms with Gasteiger partial charge in [-0.05, 0) is 38.7 Å². The van der Waals surface area contributed by atoms with Crippen molar-refractivity contribution >= 4 is 22.8 Å². The number of fused-ring (bicyclic) bond motifs is 1. The van der Waals surface area contributed by atoms with Crippen LogP contribution in [-0.4, -0.2) is 54.0 Å². The SMILES string of the molecule is Cc1nn(C)c2ncc(NC(=O)N3CCC[C@@H](c4n[nH]c(C5CC5)n4)C3)cc12. The molecule has 3 aromatic rings. The van der Waals surface area contributed by atoms with Crippen molar-refractivity contribution in [1.82, 2.24) is 34.8 Å². The summed E-state index contributed by atoms with van der Waals surface area (Å²) in [7, 11) is 1.87. The maximum atomic E-state index is 12.8. The van der Waals surface area contributed by atoms with E-state index in [1.54, 1.807) is 10.9 Å². The van der Waals surface area contributed by atoms with Crippen LogP contribution in [0.3, 0.4) is 0 Å². The fraction of sp³-hybridized carbons (Fsp3) is 0.526. The molecule has 2 aliphatic rings. The number of hydrogen-bond donors (Lipinski definition) is 2. The maximum Gasteiger partial charge on any atom is 0.321 e. The van der Waals surface area contributed by atoms with Gasteiger partial charge < -0.3 is 10.2 Å². The molecule has 4 heterocycles. The molecule has 28 heavy (non-hydrogen) atoms. The number of carbonyl (C=O) groups is 1. The standard InChI is InChI=1S/C19H24N8O/c1-11-15-8-14(9-20-18(15)26(2)25-11)21-19(28)27-7-3-4-13(10-27)17-22-16(23-24-17)12-5-6-12/h8-9,12-13H,3-7,10H2,1-2H3,(H,21,28)(H,22,23,24)/t13-/m1/s1. The summed E-state index contributed by atoms with van der Waals surface area (Å²) in [6.45, 7) is 3.32. The number of aromatic nitrogens is 6. The van der Waals surface area contributed by atoms with Crippen molar-refractivity contribution in [2.75, 3.05) is 18.4 Å². The molecular formula is C19H24N8O. The fourth-order valence-electron chi connectivity index (χ4n) is 3.96. The van der Waals surface area contributed by atoms with Crippen LogP contribution in [0, 0.1) is 6.92 Å². The van der Waals surface area contributed by atoms with Gasteiger partial charge in [-0.2, -0.15) is 10.2 Å². The largest absolute Gasteiger partial charge is 0.324 e. The van der Waals surface area contributed by atoms with Crippen LogP contribution in [0.5, 0.6) is 0 Å². The highest BCUT2D eigenvalue weighted by molar-refractivity contribution is 5.92. The smallest absolute Gasteiger partial charge is 0.321 e. The van der Waals surface area contributed by atoms with Crippen molar-refractivity contribution in [2.45, 2.75) is 44.4 Å². The predicted octanol–water partition coefficient (Wildman–Crippen LogP) is 2.68. The first kappa shape index (κ1) is 17.2. The van der Waals surface area contributed by atoms with Crippen LogP contribution < -0.4 is 5.32 Å². The Bertz CT molecular complexity index is 1030. The highest BCUT2D eigenvalue weighted by Gasteiger charge is 2.31. The van der Waals surface area contributed by atoms with E-state index in [9.17, 15) is 4.79 Å². The van der Waals surface area contributed by atoms with Gasteiger partial charge in [0.15, 0.2) is 11.5 Å². The lowest BCUT2D eigenvalue weighted by Crippen LogP contribution is -2.41. The molecule has 2 amide bonds. The number of aromatic amines is 1. The fourth-order valence-corrected chi connectivity index (χ4v) is 3.96. The van der Waals surface area contributed by atoms with Gasteiger partial charge in [0.05, 0.1) is 17.6 Å². The van der Waals surface area contributed by atoms with Gasteiger partial charge in [0.1, 0.15) is 5.82 Å². The number of urea groups is 1. The molecule has 1 saturated carbocycles. The molecule has 5 rings (SSSR count). The van der Waals surface area contributed by atoms with Crippen LogP contribution in [0.15, 0.2) is 12.3 Å². The summed E-state index contributed by atoms with van der Waals surface area (Å²) in [5.74, 6) is 2.59. The van der Waals surface area contributed by atoms with Crippen molar-refractivity contribution in [3.05, 3.63) is 29.6 Å². The number of anilines is 1. The highest BCUT2D eigenvalue weighted by atomic mass is 16.2. The minimum atomic E-state index is -0.106. The Morgan fingerprint density at radius 3 is 2.96 bits per heavy atom. The molecular weight excluding hydrogens is 356 g/mol. The molecule has 0 bridgehead atoms. The van der Waals surface area contributed by atoms with E-state index in [0.29, 0.717) is 18.2 Å². The number of nitrogens with one attached hydrogen (secondary N) is 2. The van der Waals surface area contributed by atoms with Crippen molar-refractivity contribution in [1.29, 1.82) is 0 Å². The topological polar surface area (TPSA) is 105 Å². The number of piperidine rings is 1. The third-order valence-corrected chi connectivity index (χ3v) is 5.67. The molecule has 1 aliphatic carbocycles. The Labute approximate surface area is 162 Å². The maximum absolute atomic E-state index is 12.8. The lowest BCUT2D eigenvalue weighted by Gasteiger charge is -2.31. The van der Waals surface area contributed by atoms with E-state index < -0.39 is 0 Å². The van der Waals surface area contributed by atoms with Gasteiger partial charge in [0.25, 0.3) is 0 Å². The number of carbonyl (C=O) groups excluding carboxylic acids is 1. The number of rotatable bonds is 3. The molecule has 0 unspecified atom stereocenters. The second-order valence-electron chi connectivity index (χ2n) is 7.87. The average molecular weight is 380 g/mol. The molecule has 2 fully saturated rings. The summed E-state index contributed by atoms with van der Waals surface area (Å²) >= 11 is 0. The van der Waals surface area contributed by atoms with Crippen LogP contribution in [0.1, 0.15) is 54.9 Å². The van der Waals surface area contributed by atoms with E-state index in [4.69, 9.17) is 0 Å². The summed E-state index contributed by atoms with van der Waals surface area (Å²) in [5.41, 5.74) is 2.39. The van der Waals surface area contributed by atoms with Gasteiger partial charge in [-0.3, -0.25) is 9.78 Å². The van der Waals surface area contributed by atoms with Crippen LogP contribution >= 0.6 is 0 Å². The number of H-pyrrole nitrogens is 1. The first-order chi connectivity index (χ1) is 13.6. The minimum Gasteiger partial charge on any atom is -0.324 e. The molecule has 0 radical (unpaired) electrons. The van der Waals surface area contributed by atoms with Crippen LogP contribution in [0.2, 0.25) is 0 Å². The van der Waals surface area contributed by atoms with E-state index in [2.05, 4.69) is 30.6 Å². The second kappa shape index (κ2) is 6.57. The van der Waals surface area contributed by atoms with Crippen molar-refractivity contribution in [3.8, 4) is 0 Å². The zero-order valence-electron chi connectivity index (χ0n) is 16.1. The van der Waals surface area contributed by atoms with Crippen LogP contribution in [-0.2, 0) is 7.05 Å². The Hall–Kier alpha value is -2.97. The molecule has 0 aromatic carbocycles. The number of nitrogens with zero attached hydrogens (tertiary/aromatic N) is 6. The monoisotopic (exact) mass is 380 g/mol. The Morgan fingerprint density at radius 1 is 1.29 bits per heavy atom. The zero-order valence-corrected chi connectivity index (χ0v) is 16.1. The Balaban J connectivity index is 1.28.